The second-order valence-electron chi connectivity index (χ2n) is 7.04. The van der Waals surface area contributed by atoms with Crippen LogP contribution in [-0.4, -0.2) is 84.7 Å². The van der Waals surface area contributed by atoms with Crippen LogP contribution in [0.25, 0.3) is 0 Å². The topological polar surface area (TPSA) is 150 Å². The molecule has 1 saturated heterocycles. The smallest absolute Gasteiger partial charge is 0.303 e. The summed E-state index contributed by atoms with van der Waals surface area (Å²) < 4.78 is 38.0. The fourth-order valence-electron chi connectivity index (χ4n) is 2.98. The molecule has 33 heavy (non-hydrogen) atoms. The number of rotatable bonds is 11. The monoisotopic (exact) mass is 540 g/mol. The van der Waals surface area contributed by atoms with E-state index in [1.807, 2.05) is 0 Å². The Morgan fingerprint density at radius 3 is 1.79 bits per heavy atom. The minimum Gasteiger partial charge on any atom is -0.463 e. The van der Waals surface area contributed by atoms with Gasteiger partial charge in [-0.2, -0.15) is 0 Å². The van der Waals surface area contributed by atoms with Crippen molar-refractivity contribution in [2.75, 3.05) is 13.2 Å². The van der Waals surface area contributed by atoms with Crippen molar-refractivity contribution in [1.29, 1.82) is 0 Å². The standard InChI is InChI=1S/C20H29BrO12/c1-7-27-19(15(21)9(2)22)33-20-18(31-13(6)26)17(30-12(5)25)16(29-11(4)24)14(32-20)8-28-10(3)23/h14-20H,7-8H2,1-6H3/t14-,15+,16-,17+,18-,19-,20+/m1/s1. The Kier molecular flexibility index (Phi) is 11.9. The molecule has 1 heterocycles. The molecule has 0 spiro atoms. The number of alkyl halides is 1. The van der Waals surface area contributed by atoms with Crippen LogP contribution in [-0.2, 0) is 57.1 Å². The average molecular weight is 541 g/mol. The van der Waals surface area contributed by atoms with E-state index in [1.54, 1.807) is 6.92 Å². The van der Waals surface area contributed by atoms with Crippen LogP contribution >= 0.6 is 15.9 Å². The number of Topliss-reactive ketones (excluding diaryl/α,β-unsaturated/α-hetero) is 1. The zero-order valence-electron chi connectivity index (χ0n) is 19.2. The first-order valence-corrected chi connectivity index (χ1v) is 11.0. The molecule has 13 heteroatoms. The van der Waals surface area contributed by atoms with Gasteiger partial charge in [-0.25, -0.2) is 0 Å². The summed E-state index contributed by atoms with van der Waals surface area (Å²) in [6.07, 6.45) is -7.93. The number of carbonyl (C=O) groups is 5. The van der Waals surface area contributed by atoms with Crippen LogP contribution in [0.5, 0.6) is 0 Å². The van der Waals surface area contributed by atoms with Crippen molar-refractivity contribution >= 4 is 45.6 Å². The van der Waals surface area contributed by atoms with Crippen molar-refractivity contribution in [3.05, 3.63) is 0 Å². The van der Waals surface area contributed by atoms with Gasteiger partial charge in [0.25, 0.3) is 0 Å². The average Bonchev–Trinajstić information content (AvgIpc) is 2.68. The highest BCUT2D eigenvalue weighted by Crippen LogP contribution is 2.31. The van der Waals surface area contributed by atoms with Gasteiger partial charge >= 0.3 is 23.9 Å². The Labute approximate surface area is 199 Å². The van der Waals surface area contributed by atoms with Crippen LogP contribution in [0.2, 0.25) is 0 Å². The second kappa shape index (κ2) is 13.6. The summed E-state index contributed by atoms with van der Waals surface area (Å²) in [6.45, 7) is 7.23. The molecule has 1 fully saturated rings. The van der Waals surface area contributed by atoms with E-state index in [2.05, 4.69) is 15.9 Å². The molecule has 0 saturated carbocycles. The zero-order chi connectivity index (χ0) is 25.3. The molecule has 1 aliphatic rings. The Morgan fingerprint density at radius 1 is 0.818 bits per heavy atom. The van der Waals surface area contributed by atoms with Crippen LogP contribution in [0.1, 0.15) is 41.5 Å². The van der Waals surface area contributed by atoms with E-state index in [0.29, 0.717) is 0 Å². The summed E-state index contributed by atoms with van der Waals surface area (Å²) in [7, 11) is 0. The molecule has 0 amide bonds. The minimum absolute atomic E-state index is 0.158. The Balaban J connectivity index is 3.43. The summed E-state index contributed by atoms with van der Waals surface area (Å²) in [6, 6.07) is 0. The van der Waals surface area contributed by atoms with Gasteiger partial charge in [0.1, 0.15) is 23.3 Å². The van der Waals surface area contributed by atoms with Gasteiger partial charge in [0.05, 0.1) is 0 Å². The van der Waals surface area contributed by atoms with Gasteiger partial charge in [0.2, 0.25) is 6.29 Å². The molecular formula is C20H29BrO12. The largest absolute Gasteiger partial charge is 0.463 e. The molecule has 7 atom stereocenters. The molecule has 12 nitrogen and oxygen atoms in total. The SMILES string of the molecule is CCO[C@H](O[C@@H]1O[C@H](COC(C)=O)[C@@H](OC(C)=O)[C@H](OC(C)=O)[C@H]1OC(C)=O)[C@@H](Br)C(C)=O. The van der Waals surface area contributed by atoms with Gasteiger partial charge in [-0.3, -0.25) is 24.0 Å². The number of ether oxygens (including phenoxy) is 7. The number of carbonyl (C=O) groups excluding carboxylic acids is 5. The third-order valence-electron chi connectivity index (χ3n) is 4.17. The lowest BCUT2D eigenvalue weighted by Crippen LogP contribution is -2.63. The lowest BCUT2D eigenvalue weighted by molar-refractivity contribution is -0.338. The molecule has 188 valence electrons. The molecule has 1 rings (SSSR count). The first-order chi connectivity index (χ1) is 15.4. The number of hydrogen-bond acceptors (Lipinski definition) is 12. The van der Waals surface area contributed by atoms with E-state index in [1.165, 1.54) is 6.92 Å². The fraction of sp³-hybridized carbons (Fsp3) is 0.750. The molecule has 0 unspecified atom stereocenters. The number of halogens is 1. The summed E-state index contributed by atoms with van der Waals surface area (Å²) in [4.78, 5) is 57.7. The minimum atomic E-state index is -1.46. The van der Waals surface area contributed by atoms with Gasteiger partial charge in [-0.1, -0.05) is 15.9 Å². The Bertz CT molecular complexity index is 726. The predicted octanol–water partition coefficient (Wildman–Crippen LogP) is 0.801. The number of esters is 4. The summed E-state index contributed by atoms with van der Waals surface area (Å²) in [5.41, 5.74) is 0. The molecule has 0 bridgehead atoms. The van der Waals surface area contributed by atoms with E-state index >= 15 is 0 Å². The molecular weight excluding hydrogens is 512 g/mol. The molecule has 0 aliphatic carbocycles. The van der Waals surface area contributed by atoms with Crippen LogP contribution in [0.3, 0.4) is 0 Å². The second-order valence-corrected chi connectivity index (χ2v) is 8.03. The molecule has 0 aromatic heterocycles. The van der Waals surface area contributed by atoms with Gasteiger partial charge in [0.15, 0.2) is 24.6 Å². The van der Waals surface area contributed by atoms with Crippen LogP contribution in [0, 0.1) is 0 Å². The third kappa shape index (κ3) is 9.35. The number of ketones is 1. The predicted molar refractivity (Wildman–Crippen MR) is 112 cm³/mol. The molecule has 1 aliphatic heterocycles. The quantitative estimate of drug-likeness (QED) is 0.158. The number of hydrogen-bond donors (Lipinski definition) is 0. The van der Waals surface area contributed by atoms with Crippen LogP contribution < -0.4 is 0 Å². The Hall–Kier alpha value is -2.09. The highest BCUT2D eigenvalue weighted by molar-refractivity contribution is 9.10. The third-order valence-corrected chi connectivity index (χ3v) is 5.25. The van der Waals surface area contributed by atoms with E-state index < -0.39 is 72.3 Å². The lowest BCUT2D eigenvalue weighted by atomic mass is 9.98. The zero-order valence-corrected chi connectivity index (χ0v) is 20.8. The molecule has 0 N–H and O–H groups in total. The molecule has 0 aromatic carbocycles. The molecule has 0 aromatic rings. The van der Waals surface area contributed by atoms with E-state index in [4.69, 9.17) is 33.2 Å². The van der Waals surface area contributed by atoms with Gasteiger partial charge in [0, 0.05) is 34.3 Å². The normalized spacial score (nSPS) is 26.5. The van der Waals surface area contributed by atoms with Crippen molar-refractivity contribution in [1.82, 2.24) is 0 Å². The van der Waals surface area contributed by atoms with Crippen molar-refractivity contribution < 1.29 is 57.1 Å². The van der Waals surface area contributed by atoms with E-state index in [9.17, 15) is 24.0 Å². The van der Waals surface area contributed by atoms with Crippen molar-refractivity contribution in [2.45, 2.75) is 83.4 Å². The summed E-state index contributed by atoms with van der Waals surface area (Å²) >= 11 is 3.19. The van der Waals surface area contributed by atoms with Crippen molar-refractivity contribution in [3.63, 3.8) is 0 Å². The van der Waals surface area contributed by atoms with Crippen molar-refractivity contribution in [3.8, 4) is 0 Å². The summed E-state index contributed by atoms with van der Waals surface area (Å²) in [5.74, 6) is -3.26. The van der Waals surface area contributed by atoms with Crippen molar-refractivity contribution in [2.24, 2.45) is 0 Å². The first kappa shape index (κ1) is 28.9. The van der Waals surface area contributed by atoms with Crippen LogP contribution in [0.4, 0.5) is 0 Å². The summed E-state index contributed by atoms with van der Waals surface area (Å²) in [5, 5.41) is 0. The maximum Gasteiger partial charge on any atom is 0.303 e. The maximum atomic E-state index is 11.9. The van der Waals surface area contributed by atoms with Gasteiger partial charge in [-0.15, -0.1) is 0 Å². The highest BCUT2D eigenvalue weighted by Gasteiger charge is 2.53. The molecule has 0 radical (unpaired) electrons. The van der Waals surface area contributed by atoms with Crippen LogP contribution in [0.15, 0.2) is 0 Å². The highest BCUT2D eigenvalue weighted by atomic mass is 79.9. The maximum absolute atomic E-state index is 11.9. The van der Waals surface area contributed by atoms with E-state index in [-0.39, 0.29) is 12.4 Å². The van der Waals surface area contributed by atoms with Gasteiger partial charge in [-0.05, 0) is 13.8 Å². The van der Waals surface area contributed by atoms with Gasteiger partial charge < -0.3 is 33.2 Å². The fourth-order valence-corrected chi connectivity index (χ4v) is 3.26. The Morgan fingerprint density at radius 2 is 1.33 bits per heavy atom. The van der Waals surface area contributed by atoms with E-state index in [0.717, 1.165) is 27.7 Å². The first-order valence-electron chi connectivity index (χ1n) is 10.1. The lowest BCUT2D eigenvalue weighted by Gasteiger charge is -2.44.